The highest BCUT2D eigenvalue weighted by atomic mass is 35.5. The summed E-state index contributed by atoms with van der Waals surface area (Å²) >= 11 is 12.0. The molecule has 0 radical (unpaired) electrons. The van der Waals surface area contributed by atoms with Crippen molar-refractivity contribution in [1.82, 2.24) is 10.2 Å². The minimum absolute atomic E-state index is 0.00878. The number of carbonyl (C=O) groups excluding carboxylic acids is 3. The first kappa shape index (κ1) is 34.5. The molecule has 2 saturated heterocycles. The van der Waals surface area contributed by atoms with Gasteiger partial charge in [-0.2, -0.15) is 13.2 Å². The number of likely N-dealkylation sites (tertiary alicyclic amines) is 1. The monoisotopic (exact) mass is 683 g/mol. The Morgan fingerprint density at radius 1 is 1.00 bits per heavy atom. The molecule has 0 aromatic heterocycles. The van der Waals surface area contributed by atoms with Gasteiger partial charge in [0.25, 0.3) is 12.3 Å². The molecule has 4 rings (SSSR count). The fraction of sp³-hybridized carbons (Fsp3) is 0.464. The van der Waals surface area contributed by atoms with E-state index in [0.717, 1.165) is 6.07 Å². The van der Waals surface area contributed by atoms with E-state index in [9.17, 15) is 41.4 Å². The molecule has 2 aromatic carbocycles. The summed E-state index contributed by atoms with van der Waals surface area (Å²) in [7, 11) is 0. The molecule has 0 saturated carbocycles. The number of hydrogen-bond acceptors (Lipinski definition) is 9. The molecule has 10 nitrogen and oxygen atoms in total. The Kier molecular flexibility index (Phi) is 11.3. The zero-order valence-corrected chi connectivity index (χ0v) is 24.9. The molecular formula is C28H28Cl2F5N3O7. The molecule has 1 amide bonds. The number of aliphatic hydroxyl groups is 1. The van der Waals surface area contributed by atoms with Gasteiger partial charge in [-0.1, -0.05) is 23.2 Å². The molecule has 17 heteroatoms. The van der Waals surface area contributed by atoms with Crippen molar-refractivity contribution < 1.29 is 55.7 Å². The van der Waals surface area contributed by atoms with E-state index in [0.29, 0.717) is 36.5 Å². The molecule has 2 aliphatic heterocycles. The Hall–Kier alpha value is -3.40. The van der Waals surface area contributed by atoms with Crippen LogP contribution < -0.4 is 19.7 Å². The second-order valence-electron chi connectivity index (χ2n) is 10.3. The number of esters is 2. The van der Waals surface area contributed by atoms with Crippen molar-refractivity contribution in [3.8, 4) is 11.5 Å². The lowest BCUT2D eigenvalue weighted by Gasteiger charge is -2.34. The quantitative estimate of drug-likeness (QED) is 0.217. The Morgan fingerprint density at radius 2 is 1.67 bits per heavy atom. The number of ether oxygens (including phenoxy) is 3. The molecule has 0 aliphatic carbocycles. The van der Waals surface area contributed by atoms with E-state index in [1.54, 1.807) is 34.1 Å². The lowest BCUT2D eigenvalue weighted by molar-refractivity contribution is -0.202. The standard InChI is InChI=1S/C28H28Cl2F5N3O7/c29-16-3-1-15(2-4-16)26(41)37-7-5-17(6-8-37)36-19-11-38(12-21(19)39)20-10-22(43-13-24(31)32)18(30)9-23(20)44-14-25(40)45-27(42)28(33,34)35/h1-4,9-10,17,19,21,24,36,39H,5-8,11-14H2. The summed E-state index contributed by atoms with van der Waals surface area (Å²) in [4.78, 5) is 38.9. The number of nitrogens with one attached hydrogen (secondary N) is 1. The first-order valence-corrected chi connectivity index (χ1v) is 14.4. The maximum Gasteiger partial charge on any atom is 0.491 e. The Balaban J connectivity index is 1.41. The molecular weight excluding hydrogens is 656 g/mol. The Labute approximate surface area is 263 Å². The minimum atomic E-state index is -5.40. The molecule has 2 unspecified atom stereocenters. The molecule has 246 valence electrons. The third kappa shape index (κ3) is 9.31. The number of halogens is 7. The zero-order valence-electron chi connectivity index (χ0n) is 23.4. The smallest absolute Gasteiger partial charge is 0.486 e. The van der Waals surface area contributed by atoms with Crippen LogP contribution >= 0.6 is 23.2 Å². The van der Waals surface area contributed by atoms with Crippen molar-refractivity contribution in [3.63, 3.8) is 0 Å². The number of amides is 1. The number of nitrogens with zero attached hydrogens (tertiary/aromatic N) is 2. The largest absolute Gasteiger partial charge is 0.491 e. The van der Waals surface area contributed by atoms with Crippen LogP contribution in [0.15, 0.2) is 36.4 Å². The molecule has 2 N–H and O–H groups in total. The summed E-state index contributed by atoms with van der Waals surface area (Å²) in [6.07, 6.45) is -7.95. The van der Waals surface area contributed by atoms with E-state index in [2.05, 4.69) is 10.1 Å². The average molecular weight is 684 g/mol. The molecule has 2 heterocycles. The maximum atomic E-state index is 12.8. The average Bonchev–Trinajstić information content (AvgIpc) is 3.34. The number of hydrogen-bond donors (Lipinski definition) is 2. The fourth-order valence-electron chi connectivity index (χ4n) is 4.95. The molecule has 45 heavy (non-hydrogen) atoms. The van der Waals surface area contributed by atoms with Crippen LogP contribution in [0.5, 0.6) is 11.5 Å². The van der Waals surface area contributed by atoms with Crippen LogP contribution in [0.2, 0.25) is 10.0 Å². The zero-order chi connectivity index (χ0) is 32.9. The van der Waals surface area contributed by atoms with Gasteiger partial charge >= 0.3 is 18.1 Å². The van der Waals surface area contributed by atoms with Gasteiger partial charge in [0.2, 0.25) is 0 Å². The van der Waals surface area contributed by atoms with E-state index in [-0.39, 0.29) is 47.2 Å². The minimum Gasteiger partial charge on any atom is -0.486 e. The summed E-state index contributed by atoms with van der Waals surface area (Å²) in [5.74, 6) is -4.81. The summed E-state index contributed by atoms with van der Waals surface area (Å²) in [6, 6.07) is 8.40. The van der Waals surface area contributed by atoms with Gasteiger partial charge in [-0.3, -0.25) is 4.79 Å². The molecule has 2 atom stereocenters. The van der Waals surface area contributed by atoms with Gasteiger partial charge in [0, 0.05) is 54.9 Å². The summed E-state index contributed by atoms with van der Waals surface area (Å²) in [5.41, 5.74) is 0.649. The topological polar surface area (TPSA) is 118 Å². The number of β-amino-alcohol motifs (C(OH)–C–C–N with tert-alkyl or cyclic N) is 1. The fourth-order valence-corrected chi connectivity index (χ4v) is 5.29. The van der Waals surface area contributed by atoms with Crippen molar-refractivity contribution in [1.29, 1.82) is 0 Å². The SMILES string of the molecule is O=C(COc1cc(Cl)c(OCC(F)F)cc1N1CC(O)C(NC2CCN(C(=O)c3ccc(Cl)cc3)CC2)C1)OC(=O)C(F)(F)F. The van der Waals surface area contributed by atoms with E-state index >= 15 is 0 Å². The lowest BCUT2D eigenvalue weighted by Crippen LogP contribution is -2.50. The number of piperidine rings is 1. The second kappa shape index (κ2) is 14.8. The number of aliphatic hydroxyl groups excluding tert-OH is 1. The van der Waals surface area contributed by atoms with Crippen molar-refractivity contribution >= 4 is 46.7 Å². The van der Waals surface area contributed by atoms with Crippen molar-refractivity contribution in [3.05, 3.63) is 52.0 Å². The van der Waals surface area contributed by atoms with E-state index < -0.39 is 49.9 Å². The van der Waals surface area contributed by atoms with Crippen LogP contribution in [-0.4, -0.2) is 98.0 Å². The maximum absolute atomic E-state index is 12.8. The van der Waals surface area contributed by atoms with Crippen LogP contribution in [-0.2, 0) is 14.3 Å². The van der Waals surface area contributed by atoms with Crippen LogP contribution in [0, 0.1) is 0 Å². The van der Waals surface area contributed by atoms with Crippen LogP contribution in [0.3, 0.4) is 0 Å². The molecule has 2 aliphatic rings. The van der Waals surface area contributed by atoms with Crippen molar-refractivity contribution in [2.75, 3.05) is 44.3 Å². The van der Waals surface area contributed by atoms with Gasteiger partial charge in [0.05, 0.1) is 22.9 Å². The van der Waals surface area contributed by atoms with E-state index in [1.807, 2.05) is 0 Å². The van der Waals surface area contributed by atoms with Crippen LogP contribution in [0.4, 0.5) is 27.6 Å². The van der Waals surface area contributed by atoms with Crippen molar-refractivity contribution in [2.45, 2.75) is 43.6 Å². The molecule has 2 aromatic rings. The number of benzene rings is 2. The van der Waals surface area contributed by atoms with Gasteiger partial charge in [-0.25, -0.2) is 18.4 Å². The third-order valence-electron chi connectivity index (χ3n) is 7.11. The van der Waals surface area contributed by atoms with Gasteiger partial charge in [-0.05, 0) is 37.1 Å². The summed E-state index contributed by atoms with van der Waals surface area (Å²) in [6.45, 7) is -0.995. The normalized spacial score (nSPS) is 19.1. The van der Waals surface area contributed by atoms with Crippen LogP contribution in [0.25, 0.3) is 0 Å². The first-order chi connectivity index (χ1) is 21.2. The van der Waals surface area contributed by atoms with Gasteiger partial charge in [0.1, 0.15) is 18.1 Å². The van der Waals surface area contributed by atoms with Crippen molar-refractivity contribution in [2.24, 2.45) is 0 Å². The number of carbonyl (C=O) groups is 3. The molecule has 2 fully saturated rings. The van der Waals surface area contributed by atoms with Gasteiger partial charge in [-0.15, -0.1) is 0 Å². The van der Waals surface area contributed by atoms with E-state index in [1.165, 1.54) is 6.07 Å². The van der Waals surface area contributed by atoms with Gasteiger partial charge in [0.15, 0.2) is 6.61 Å². The molecule has 0 bridgehead atoms. The van der Waals surface area contributed by atoms with Gasteiger partial charge < -0.3 is 34.4 Å². The second-order valence-corrected chi connectivity index (χ2v) is 11.2. The van der Waals surface area contributed by atoms with Crippen LogP contribution in [0.1, 0.15) is 23.2 Å². The highest BCUT2D eigenvalue weighted by molar-refractivity contribution is 6.32. The first-order valence-electron chi connectivity index (χ1n) is 13.6. The summed E-state index contributed by atoms with van der Waals surface area (Å²) < 4.78 is 77.0. The highest BCUT2D eigenvalue weighted by Crippen LogP contribution is 2.40. The summed E-state index contributed by atoms with van der Waals surface area (Å²) in [5, 5.41) is 14.6. The third-order valence-corrected chi connectivity index (χ3v) is 7.66. The number of alkyl halides is 5. The predicted molar refractivity (Wildman–Crippen MR) is 151 cm³/mol. The number of anilines is 1. The Morgan fingerprint density at radius 3 is 2.29 bits per heavy atom. The number of rotatable bonds is 10. The highest BCUT2D eigenvalue weighted by Gasteiger charge is 2.42. The van der Waals surface area contributed by atoms with E-state index in [4.69, 9.17) is 32.7 Å². The molecule has 0 spiro atoms. The lowest BCUT2D eigenvalue weighted by atomic mass is 10.0. The predicted octanol–water partition coefficient (Wildman–Crippen LogP) is 4.09. The Bertz CT molecular complexity index is 1380.